The number of carbonyl (C=O) groups is 6. The van der Waals surface area contributed by atoms with Gasteiger partial charge in [-0.25, -0.2) is 14.4 Å². The molecule has 3 aliphatic carbocycles. The molecule has 1 heterocycles. The van der Waals surface area contributed by atoms with Crippen LogP contribution in [0.15, 0.2) is 53.1 Å². The normalized spacial score (nSPS) is 31.9. The molecule has 2 saturated carbocycles. The number of aliphatic hydroxyl groups excluding tert-OH is 2. The average Bonchev–Trinajstić information content (AvgIpc) is 3.13. The number of rotatable bonds is 10. The molecule has 0 radical (unpaired) electrons. The van der Waals surface area contributed by atoms with Gasteiger partial charge in [-0.2, -0.15) is 0 Å². The monoisotopic (exact) mass is 825 g/mol. The van der Waals surface area contributed by atoms with Gasteiger partial charge in [-0.05, 0) is 83.6 Å². The van der Waals surface area contributed by atoms with E-state index in [4.69, 9.17) is 28.4 Å². The van der Waals surface area contributed by atoms with Crippen LogP contribution < -0.4 is 5.32 Å². The van der Waals surface area contributed by atoms with E-state index in [1.165, 1.54) is 19.9 Å². The van der Waals surface area contributed by atoms with Crippen LogP contribution >= 0.6 is 0 Å². The highest BCUT2D eigenvalue weighted by Gasteiger charge is 2.75. The Kier molecular flexibility index (Phi) is 13.0. The highest BCUT2D eigenvalue weighted by atomic mass is 16.6. The largest absolute Gasteiger partial charge is 0.458 e. The third kappa shape index (κ3) is 8.69. The van der Waals surface area contributed by atoms with Gasteiger partial charge >= 0.3 is 30.0 Å². The first-order valence-corrected chi connectivity index (χ1v) is 20.1. The Morgan fingerprint density at radius 3 is 2.19 bits per heavy atom. The van der Waals surface area contributed by atoms with E-state index >= 15 is 4.79 Å². The highest BCUT2D eigenvalue weighted by Crippen LogP contribution is 2.63. The van der Waals surface area contributed by atoms with Gasteiger partial charge in [-0.1, -0.05) is 50.6 Å². The van der Waals surface area contributed by atoms with Crippen molar-refractivity contribution in [2.45, 2.75) is 149 Å². The standard InChI is InChI=1S/C44H59NO14/c1-12-31(48)56-35-32-23(4)28(55-39(52)33(49)27(18-22(2)3)45-40(53)59-41(6,7)8)19-26(42(32,9)10)34(57-38(51)25-16-14-13-15-17-25)36-43(11,37(35)50)29(47)20-30-44(36,21-54-30)58-24(5)46/h13-18,26-30,33-36,47,49H,12,19-21H2,1-11H3,(H,45,53)/t26?,27-,28-,29?,30?,33+,34+,35?,36?,43?,44-/m0/s1. The molecule has 1 aromatic rings. The van der Waals surface area contributed by atoms with Crippen molar-refractivity contribution in [1.29, 1.82) is 0 Å². The summed E-state index contributed by atoms with van der Waals surface area (Å²) in [6.45, 7) is 17.8. The van der Waals surface area contributed by atoms with Crippen LogP contribution in [0.5, 0.6) is 0 Å². The molecule has 15 heteroatoms. The number of allylic oxidation sites excluding steroid dienone is 1. The van der Waals surface area contributed by atoms with Crippen molar-refractivity contribution < 1.29 is 67.4 Å². The van der Waals surface area contributed by atoms with Crippen LogP contribution in [-0.4, -0.2) is 106 Å². The number of alkyl carbamates (subject to hydrolysis) is 1. The lowest BCUT2D eigenvalue weighted by Crippen LogP contribution is -2.79. The van der Waals surface area contributed by atoms with Crippen LogP contribution in [0.1, 0.15) is 106 Å². The molecule has 1 aromatic carbocycles. The van der Waals surface area contributed by atoms with E-state index in [1.54, 1.807) is 92.6 Å². The fraction of sp³-hybridized carbons (Fsp3) is 0.636. The van der Waals surface area contributed by atoms with Gasteiger partial charge in [0.2, 0.25) is 0 Å². The SMILES string of the molecule is CCC(=O)OC1C(=O)C2(C)C(O)CC3OC[C@@]3(OC(C)=O)C2[C@H](OC(=O)c2ccccc2)C2C[C@H](OC(=O)[C@H](O)[C@H](C=C(C)C)NC(=O)OC(C)(C)C)C(C)=C1C2(C)C. The minimum atomic E-state index is -1.94. The maximum atomic E-state index is 15.5. The summed E-state index contributed by atoms with van der Waals surface area (Å²) >= 11 is 0. The summed E-state index contributed by atoms with van der Waals surface area (Å²) < 4.78 is 36.1. The minimum Gasteiger partial charge on any atom is -0.458 e. The Morgan fingerprint density at radius 1 is 1.00 bits per heavy atom. The number of hydrogen-bond acceptors (Lipinski definition) is 14. The van der Waals surface area contributed by atoms with Crippen molar-refractivity contribution >= 4 is 35.8 Å². The van der Waals surface area contributed by atoms with Gasteiger partial charge in [-0.3, -0.25) is 14.4 Å². The number of amides is 1. The van der Waals surface area contributed by atoms with E-state index in [1.807, 2.05) is 0 Å². The summed E-state index contributed by atoms with van der Waals surface area (Å²) in [5, 5.41) is 26.0. The molecule has 6 unspecified atom stereocenters. The molecule has 1 amide bonds. The second-order valence-corrected chi connectivity index (χ2v) is 18.1. The lowest BCUT2D eigenvalue weighted by atomic mass is 9.46. The Balaban J connectivity index is 1.70. The Morgan fingerprint density at radius 2 is 1.64 bits per heavy atom. The number of fused-ring (bicyclic) bond motifs is 5. The highest BCUT2D eigenvalue weighted by molar-refractivity contribution is 5.95. The molecule has 0 spiro atoms. The van der Waals surface area contributed by atoms with Crippen LogP contribution in [-0.2, 0) is 47.6 Å². The molecular weight excluding hydrogens is 766 g/mol. The van der Waals surface area contributed by atoms with Crippen molar-refractivity contribution in [1.82, 2.24) is 5.32 Å². The lowest BCUT2D eigenvalue weighted by Gasteiger charge is -2.66. The zero-order valence-corrected chi connectivity index (χ0v) is 35.8. The smallest absolute Gasteiger partial charge is 0.408 e. The fourth-order valence-electron chi connectivity index (χ4n) is 9.52. The Labute approximate surface area is 345 Å². The Hall–Kier alpha value is -4.60. The number of Topliss-reactive ketones (excluding diaryl/α,β-unsaturated/α-hetero) is 1. The van der Waals surface area contributed by atoms with Crippen molar-refractivity contribution in [3.05, 3.63) is 58.7 Å². The second kappa shape index (κ2) is 16.8. The first-order chi connectivity index (χ1) is 27.4. The van der Waals surface area contributed by atoms with Crippen LogP contribution in [0.4, 0.5) is 4.79 Å². The molecule has 324 valence electrons. The van der Waals surface area contributed by atoms with Gasteiger partial charge in [0, 0.05) is 25.7 Å². The van der Waals surface area contributed by atoms with Crippen LogP contribution in [0.2, 0.25) is 0 Å². The zero-order chi connectivity index (χ0) is 44.0. The summed E-state index contributed by atoms with van der Waals surface area (Å²) in [7, 11) is 0. The van der Waals surface area contributed by atoms with E-state index < -0.39 is 112 Å². The summed E-state index contributed by atoms with van der Waals surface area (Å²) in [4.78, 5) is 82.7. The van der Waals surface area contributed by atoms with E-state index in [0.717, 1.165) is 0 Å². The summed E-state index contributed by atoms with van der Waals surface area (Å²) in [5.41, 5.74) is -4.02. The number of nitrogens with one attached hydrogen (secondary N) is 1. The molecule has 2 bridgehead atoms. The van der Waals surface area contributed by atoms with E-state index in [0.29, 0.717) is 11.1 Å². The third-order valence-electron chi connectivity index (χ3n) is 12.3. The number of hydrogen-bond donors (Lipinski definition) is 3. The third-order valence-corrected chi connectivity index (χ3v) is 12.3. The molecule has 0 aromatic heterocycles. The van der Waals surface area contributed by atoms with E-state index in [2.05, 4.69) is 5.32 Å². The summed E-state index contributed by atoms with van der Waals surface area (Å²) in [5.74, 6) is -6.18. The predicted molar refractivity (Wildman–Crippen MR) is 210 cm³/mol. The molecule has 5 rings (SSSR count). The van der Waals surface area contributed by atoms with Gasteiger partial charge in [0.05, 0.1) is 35.6 Å². The minimum absolute atomic E-state index is 0.0622. The molecule has 3 fully saturated rings. The fourth-order valence-corrected chi connectivity index (χ4v) is 9.52. The first-order valence-electron chi connectivity index (χ1n) is 20.1. The van der Waals surface area contributed by atoms with Gasteiger partial charge in [0.25, 0.3) is 0 Å². The number of ether oxygens (including phenoxy) is 6. The number of ketones is 1. The number of esters is 4. The zero-order valence-electron chi connectivity index (χ0n) is 35.8. The molecule has 1 aliphatic heterocycles. The molecule has 59 heavy (non-hydrogen) atoms. The summed E-state index contributed by atoms with van der Waals surface area (Å²) in [6.07, 6.45) is -8.10. The van der Waals surface area contributed by atoms with Crippen molar-refractivity contribution in [2.75, 3.05) is 6.61 Å². The van der Waals surface area contributed by atoms with Crippen molar-refractivity contribution in [3.63, 3.8) is 0 Å². The lowest BCUT2D eigenvalue weighted by molar-refractivity contribution is -0.335. The number of benzene rings is 1. The van der Waals surface area contributed by atoms with E-state index in [-0.39, 0.29) is 37.0 Å². The maximum Gasteiger partial charge on any atom is 0.408 e. The average molecular weight is 826 g/mol. The molecule has 11 atom stereocenters. The van der Waals surface area contributed by atoms with Crippen molar-refractivity contribution in [3.8, 4) is 0 Å². The molecular formula is C44H59NO14. The summed E-state index contributed by atoms with van der Waals surface area (Å²) in [6, 6.07) is 6.89. The molecule has 15 nitrogen and oxygen atoms in total. The predicted octanol–water partition coefficient (Wildman–Crippen LogP) is 4.70. The van der Waals surface area contributed by atoms with Crippen LogP contribution in [0, 0.1) is 22.7 Å². The number of carbonyl (C=O) groups excluding carboxylic acids is 6. The topological polar surface area (TPSA) is 210 Å². The Bertz CT molecular complexity index is 1890. The molecule has 1 saturated heterocycles. The van der Waals surface area contributed by atoms with Gasteiger partial charge in [0.15, 0.2) is 23.6 Å². The van der Waals surface area contributed by atoms with Gasteiger partial charge < -0.3 is 44.0 Å². The first kappa shape index (κ1) is 45.5. The second-order valence-electron chi connectivity index (χ2n) is 18.1. The van der Waals surface area contributed by atoms with Crippen molar-refractivity contribution in [2.24, 2.45) is 22.7 Å². The molecule has 4 aliphatic rings. The van der Waals surface area contributed by atoms with Crippen LogP contribution in [0.3, 0.4) is 0 Å². The van der Waals surface area contributed by atoms with Gasteiger partial charge in [-0.15, -0.1) is 0 Å². The molecule has 3 N–H and O–H groups in total. The maximum absolute atomic E-state index is 15.5. The van der Waals surface area contributed by atoms with Crippen LogP contribution in [0.25, 0.3) is 0 Å². The quantitative estimate of drug-likeness (QED) is 0.166. The van der Waals surface area contributed by atoms with E-state index in [9.17, 15) is 34.2 Å². The number of aliphatic hydroxyl groups is 2. The van der Waals surface area contributed by atoms with Gasteiger partial charge in [0.1, 0.15) is 23.9 Å².